The standard InChI is InChI=1S/C3H7NO2.CH4N2O.CH2O3/c1-2-6-3(4)5;2*2-1(3)4/h2H2,1H3,(H2,4,5);(H4,2,3,4);(H2,2,3,4). The summed E-state index contributed by atoms with van der Waals surface area (Å²) in [5.74, 6) is 0. The van der Waals surface area contributed by atoms with Crippen LogP contribution in [0.3, 0.4) is 0 Å². The summed E-state index contributed by atoms with van der Waals surface area (Å²) in [6.07, 6.45) is -2.54. The van der Waals surface area contributed by atoms with Crippen molar-refractivity contribution in [3.63, 3.8) is 0 Å². The van der Waals surface area contributed by atoms with Crippen LogP contribution in [0.1, 0.15) is 6.92 Å². The Bertz CT molecular complexity index is 162. The van der Waals surface area contributed by atoms with E-state index in [0.29, 0.717) is 6.61 Å². The van der Waals surface area contributed by atoms with Crippen molar-refractivity contribution in [2.75, 3.05) is 6.61 Å². The maximum Gasteiger partial charge on any atom is 0.503 e. The van der Waals surface area contributed by atoms with Gasteiger partial charge in [-0.2, -0.15) is 0 Å². The molecule has 9 heteroatoms. The molecule has 0 unspecified atom stereocenters. The van der Waals surface area contributed by atoms with Crippen LogP contribution in [0.25, 0.3) is 0 Å². The molecule has 0 radical (unpaired) electrons. The van der Waals surface area contributed by atoms with Crippen molar-refractivity contribution in [2.24, 2.45) is 17.2 Å². The largest absolute Gasteiger partial charge is 0.503 e. The number of carbonyl (C=O) groups excluding carboxylic acids is 2. The minimum absolute atomic E-state index is 0.356. The Hall–Kier alpha value is -2.19. The van der Waals surface area contributed by atoms with Crippen molar-refractivity contribution in [3.05, 3.63) is 0 Å². The molecule has 0 aromatic rings. The van der Waals surface area contributed by atoms with Crippen LogP contribution in [-0.4, -0.2) is 35.1 Å². The molecule has 0 aliphatic rings. The fourth-order valence-corrected chi connectivity index (χ4v) is 0.142. The summed E-state index contributed by atoms with van der Waals surface area (Å²) in [4.78, 5) is 27.2. The molecular formula is C5H13N3O6. The molecule has 0 aliphatic carbocycles. The van der Waals surface area contributed by atoms with E-state index < -0.39 is 18.3 Å². The van der Waals surface area contributed by atoms with Crippen molar-refractivity contribution in [1.29, 1.82) is 0 Å². The zero-order valence-corrected chi connectivity index (χ0v) is 7.47. The Kier molecular flexibility index (Phi) is 17.0. The van der Waals surface area contributed by atoms with Gasteiger partial charge < -0.3 is 32.2 Å². The second-order valence-electron chi connectivity index (χ2n) is 1.44. The minimum Gasteiger partial charge on any atom is -0.450 e. The van der Waals surface area contributed by atoms with Gasteiger partial charge in [0.2, 0.25) is 0 Å². The van der Waals surface area contributed by atoms with Gasteiger partial charge >= 0.3 is 18.3 Å². The molecule has 0 fully saturated rings. The SMILES string of the molecule is CCOC(N)=O.NC(N)=O.O=C(O)O. The molecular weight excluding hydrogens is 198 g/mol. The molecule has 0 heterocycles. The second-order valence-corrected chi connectivity index (χ2v) is 1.44. The zero-order chi connectivity index (χ0) is 12.1. The number of nitrogens with two attached hydrogens (primary N) is 3. The van der Waals surface area contributed by atoms with E-state index in [0.717, 1.165) is 0 Å². The molecule has 0 aromatic carbocycles. The lowest BCUT2D eigenvalue weighted by Crippen LogP contribution is -2.18. The average molecular weight is 211 g/mol. The number of hydrogen-bond donors (Lipinski definition) is 5. The van der Waals surface area contributed by atoms with Gasteiger partial charge in [-0.15, -0.1) is 0 Å². The summed E-state index contributed by atoms with van der Waals surface area (Å²) in [5.41, 5.74) is 13.0. The number of carboxylic acid groups (broad SMARTS) is 2. The van der Waals surface area contributed by atoms with E-state index >= 15 is 0 Å². The third kappa shape index (κ3) is 1160. The number of amides is 3. The van der Waals surface area contributed by atoms with Gasteiger partial charge in [0.15, 0.2) is 0 Å². The monoisotopic (exact) mass is 211 g/mol. The van der Waals surface area contributed by atoms with Gasteiger partial charge in [0, 0.05) is 0 Å². The van der Waals surface area contributed by atoms with Gasteiger partial charge in [0.1, 0.15) is 0 Å². The summed E-state index contributed by atoms with van der Waals surface area (Å²) < 4.78 is 4.18. The van der Waals surface area contributed by atoms with E-state index in [4.69, 9.17) is 19.8 Å². The van der Waals surface area contributed by atoms with Crippen LogP contribution in [0, 0.1) is 0 Å². The number of ether oxygens (including phenoxy) is 1. The lowest BCUT2D eigenvalue weighted by molar-refractivity contribution is 0.136. The zero-order valence-electron chi connectivity index (χ0n) is 7.47. The van der Waals surface area contributed by atoms with Crippen LogP contribution in [0.4, 0.5) is 14.4 Å². The molecule has 0 saturated heterocycles. The number of carbonyl (C=O) groups is 3. The minimum atomic E-state index is -1.83. The van der Waals surface area contributed by atoms with Crippen molar-refractivity contribution < 1.29 is 29.3 Å². The summed E-state index contributed by atoms with van der Waals surface area (Å²) in [7, 11) is 0. The van der Waals surface area contributed by atoms with Crippen molar-refractivity contribution in [3.8, 4) is 0 Å². The highest BCUT2D eigenvalue weighted by atomic mass is 16.6. The first-order chi connectivity index (χ1) is 6.23. The van der Waals surface area contributed by atoms with Crippen LogP contribution < -0.4 is 17.2 Å². The summed E-state index contributed by atoms with van der Waals surface area (Å²) in [6, 6.07) is -0.833. The fraction of sp³-hybridized carbons (Fsp3) is 0.400. The van der Waals surface area contributed by atoms with Crippen molar-refractivity contribution in [1.82, 2.24) is 0 Å². The topological polar surface area (TPSA) is 179 Å². The molecule has 0 rings (SSSR count). The normalized spacial score (nSPS) is 6.64. The third-order valence-corrected chi connectivity index (χ3v) is 0.287. The number of urea groups is 1. The van der Waals surface area contributed by atoms with Crippen LogP contribution in [-0.2, 0) is 4.74 Å². The van der Waals surface area contributed by atoms with E-state index in [-0.39, 0.29) is 0 Å². The van der Waals surface area contributed by atoms with Gasteiger partial charge in [-0.1, -0.05) is 0 Å². The quantitative estimate of drug-likeness (QED) is 0.384. The molecule has 0 bridgehead atoms. The lowest BCUT2D eigenvalue weighted by atomic mass is 10.9. The van der Waals surface area contributed by atoms with Crippen LogP contribution in [0.5, 0.6) is 0 Å². The second kappa shape index (κ2) is 13.4. The van der Waals surface area contributed by atoms with Crippen LogP contribution >= 0.6 is 0 Å². The molecule has 0 saturated carbocycles. The van der Waals surface area contributed by atoms with E-state index in [1.54, 1.807) is 6.92 Å². The molecule has 9 nitrogen and oxygen atoms in total. The maximum atomic E-state index is 9.60. The highest BCUT2D eigenvalue weighted by Gasteiger charge is 1.82. The van der Waals surface area contributed by atoms with Gasteiger partial charge in [0.05, 0.1) is 6.61 Å². The van der Waals surface area contributed by atoms with Gasteiger partial charge in [-0.05, 0) is 6.92 Å². The summed E-state index contributed by atoms with van der Waals surface area (Å²) in [6.45, 7) is 2.06. The first kappa shape index (κ1) is 17.8. The van der Waals surface area contributed by atoms with Crippen molar-refractivity contribution in [2.45, 2.75) is 6.92 Å². The molecule has 8 N–H and O–H groups in total. The molecule has 0 atom stereocenters. The first-order valence-corrected chi connectivity index (χ1v) is 3.13. The van der Waals surface area contributed by atoms with E-state index in [2.05, 4.69) is 21.9 Å². The highest BCUT2D eigenvalue weighted by Crippen LogP contribution is 1.66. The van der Waals surface area contributed by atoms with E-state index in [9.17, 15) is 4.79 Å². The van der Waals surface area contributed by atoms with Gasteiger partial charge in [-0.3, -0.25) is 0 Å². The molecule has 0 aliphatic heterocycles. The predicted molar refractivity (Wildman–Crippen MR) is 45.6 cm³/mol. The third-order valence-electron chi connectivity index (χ3n) is 0.287. The molecule has 0 aromatic heterocycles. The number of rotatable bonds is 1. The lowest BCUT2D eigenvalue weighted by Gasteiger charge is -1.89. The average Bonchev–Trinajstić information content (AvgIpc) is 1.82. The van der Waals surface area contributed by atoms with Crippen LogP contribution in [0.2, 0.25) is 0 Å². The summed E-state index contributed by atoms with van der Waals surface area (Å²) in [5, 5.41) is 13.9. The Morgan fingerprint density at radius 2 is 1.36 bits per heavy atom. The van der Waals surface area contributed by atoms with Crippen molar-refractivity contribution >= 4 is 18.3 Å². The number of primary amides is 3. The molecule has 14 heavy (non-hydrogen) atoms. The number of hydrogen-bond acceptors (Lipinski definition) is 4. The molecule has 3 amide bonds. The van der Waals surface area contributed by atoms with E-state index in [1.807, 2.05) is 0 Å². The van der Waals surface area contributed by atoms with Gasteiger partial charge in [-0.25, -0.2) is 14.4 Å². The predicted octanol–water partition coefficient (Wildman–Crippen LogP) is -0.652. The Morgan fingerprint density at radius 1 is 1.14 bits per heavy atom. The Labute approximate surface area is 79.4 Å². The summed E-state index contributed by atoms with van der Waals surface area (Å²) >= 11 is 0. The highest BCUT2D eigenvalue weighted by molar-refractivity contribution is 5.69. The van der Waals surface area contributed by atoms with Gasteiger partial charge in [0.25, 0.3) is 0 Å². The first-order valence-electron chi connectivity index (χ1n) is 3.13. The van der Waals surface area contributed by atoms with E-state index in [1.165, 1.54) is 0 Å². The molecule has 0 spiro atoms. The Balaban J connectivity index is -0.000000135. The smallest absolute Gasteiger partial charge is 0.450 e. The Morgan fingerprint density at radius 3 is 1.36 bits per heavy atom. The van der Waals surface area contributed by atoms with Crippen LogP contribution in [0.15, 0.2) is 0 Å². The fourth-order valence-electron chi connectivity index (χ4n) is 0.142. The maximum absolute atomic E-state index is 9.60. The molecule has 84 valence electrons.